The summed E-state index contributed by atoms with van der Waals surface area (Å²) in [5, 5.41) is 13.9. The molecule has 0 spiro atoms. The Bertz CT molecular complexity index is 613. The summed E-state index contributed by atoms with van der Waals surface area (Å²) in [6.07, 6.45) is 27.0. The first kappa shape index (κ1) is 42.3. The Kier molecular flexibility index (Phi) is 34.9. The Labute approximate surface area is 256 Å². The average molecular weight is 577 g/mol. The fourth-order valence-corrected chi connectivity index (χ4v) is 4.57. The summed E-state index contributed by atoms with van der Waals surface area (Å²) >= 11 is 0. The van der Waals surface area contributed by atoms with Crippen LogP contribution in [0.25, 0.3) is 0 Å². The molecule has 38 heavy (non-hydrogen) atoms. The molecule has 0 aromatic rings. The molecule has 1 unspecified atom stereocenters. The van der Waals surface area contributed by atoms with Gasteiger partial charge in [0.05, 0.1) is 6.42 Å². The summed E-state index contributed by atoms with van der Waals surface area (Å²) in [5.41, 5.74) is 0. The number of ether oxygens (including phenoxy) is 1. The van der Waals surface area contributed by atoms with Crippen LogP contribution in [-0.2, 0) is 24.4 Å². The Morgan fingerprint density at radius 3 is 1.13 bits per heavy atom. The predicted octanol–water partition coefficient (Wildman–Crippen LogP) is 4.76. The second-order valence-electron chi connectivity index (χ2n) is 9.92. The van der Waals surface area contributed by atoms with Gasteiger partial charge in [0.25, 0.3) is 10.1 Å². The van der Waals surface area contributed by atoms with E-state index in [2.05, 4.69) is 13.8 Å². The van der Waals surface area contributed by atoms with E-state index in [4.69, 9.17) is 19.5 Å². The molecule has 0 saturated carbocycles. The van der Waals surface area contributed by atoms with Gasteiger partial charge in [-0.25, -0.2) is 0 Å². The van der Waals surface area contributed by atoms with Crippen LogP contribution in [0.5, 0.6) is 0 Å². The van der Waals surface area contributed by atoms with E-state index < -0.39 is 33.7 Å². The van der Waals surface area contributed by atoms with E-state index in [1.54, 1.807) is 0 Å². The number of carboxylic acid groups (broad SMARTS) is 2. The van der Waals surface area contributed by atoms with E-state index >= 15 is 0 Å². The van der Waals surface area contributed by atoms with E-state index in [-0.39, 0.29) is 31.0 Å². The zero-order valence-corrected chi connectivity index (χ0v) is 27.4. The third-order valence-corrected chi connectivity index (χ3v) is 7.37. The van der Waals surface area contributed by atoms with Gasteiger partial charge in [-0.15, -0.1) is 0 Å². The average Bonchev–Trinajstić information content (AvgIpc) is 2.83. The van der Waals surface area contributed by atoms with Crippen molar-refractivity contribution >= 4 is 22.1 Å². The minimum absolute atomic E-state index is 0. The molecule has 3 N–H and O–H groups in total. The molecule has 0 heterocycles. The van der Waals surface area contributed by atoms with E-state index in [0.717, 1.165) is 13.2 Å². The minimum Gasteiger partial charge on any atom is -1.00 e. The van der Waals surface area contributed by atoms with Crippen LogP contribution in [0.2, 0.25) is 0 Å². The molecule has 0 saturated heterocycles. The van der Waals surface area contributed by atoms with Crippen LogP contribution in [0.4, 0.5) is 0 Å². The molecular formula is C28H57NaO8S. The van der Waals surface area contributed by atoms with E-state index in [9.17, 15) is 18.0 Å². The molecule has 0 amide bonds. The van der Waals surface area contributed by atoms with Crippen molar-refractivity contribution < 1.29 is 68.5 Å². The van der Waals surface area contributed by atoms with Gasteiger partial charge in [0.15, 0.2) is 5.25 Å². The molecule has 224 valence electrons. The first-order valence-electron chi connectivity index (χ1n) is 14.6. The normalized spacial score (nSPS) is 11.8. The smallest absolute Gasteiger partial charge is 1.00 e. The van der Waals surface area contributed by atoms with Crippen LogP contribution in [0, 0.1) is 0 Å². The number of carboxylic acids is 2. The van der Waals surface area contributed by atoms with Crippen LogP contribution in [-0.4, -0.2) is 53.6 Å². The monoisotopic (exact) mass is 576 g/mol. The molecule has 0 fully saturated rings. The van der Waals surface area contributed by atoms with Gasteiger partial charge >= 0.3 is 41.5 Å². The van der Waals surface area contributed by atoms with Crippen molar-refractivity contribution in [2.45, 2.75) is 154 Å². The molecule has 0 aliphatic carbocycles. The van der Waals surface area contributed by atoms with Crippen molar-refractivity contribution in [2.24, 2.45) is 0 Å². The maximum absolute atomic E-state index is 10.2. The third-order valence-electron chi connectivity index (χ3n) is 6.28. The van der Waals surface area contributed by atoms with Crippen LogP contribution in [0.3, 0.4) is 0 Å². The molecule has 0 aromatic heterocycles. The van der Waals surface area contributed by atoms with Crippen molar-refractivity contribution in [3.63, 3.8) is 0 Å². The topological polar surface area (TPSA) is 138 Å². The molecular weight excluding hydrogens is 519 g/mol. The van der Waals surface area contributed by atoms with Crippen LogP contribution < -0.4 is 29.6 Å². The summed E-state index contributed by atoms with van der Waals surface area (Å²) in [6, 6.07) is 0. The van der Waals surface area contributed by atoms with Gasteiger partial charge in [0, 0.05) is 13.2 Å². The molecule has 0 aromatic carbocycles. The van der Waals surface area contributed by atoms with Crippen LogP contribution in [0.1, 0.15) is 150 Å². The number of hydrogen-bond donors (Lipinski definition) is 3. The number of carbonyl (C=O) groups is 2. The maximum atomic E-state index is 10.2. The summed E-state index contributed by atoms with van der Waals surface area (Å²) in [4.78, 5) is 20.0. The van der Waals surface area contributed by atoms with Crippen molar-refractivity contribution in [1.29, 1.82) is 0 Å². The summed E-state index contributed by atoms with van der Waals surface area (Å²) < 4.78 is 34.4. The maximum Gasteiger partial charge on any atom is 1.00 e. The first-order chi connectivity index (χ1) is 17.7. The molecule has 10 heteroatoms. The number of hydrogen-bond acceptors (Lipinski definition) is 5. The summed E-state index contributed by atoms with van der Waals surface area (Å²) in [7, 11) is -4.84. The zero-order valence-electron chi connectivity index (χ0n) is 25.6. The van der Waals surface area contributed by atoms with Gasteiger partial charge in [0.1, 0.15) is 0 Å². The van der Waals surface area contributed by atoms with E-state index in [0.29, 0.717) is 0 Å². The SMILES string of the molecule is CCCCCCCCCCCCOCCCCCCCCCCCC.O=C(O)CC(C(=O)O)S(=O)(=O)O.[H-].[Na+]. The summed E-state index contributed by atoms with van der Waals surface area (Å²) in [6.45, 7) is 6.57. The Morgan fingerprint density at radius 1 is 0.632 bits per heavy atom. The molecule has 0 bridgehead atoms. The van der Waals surface area contributed by atoms with Crippen LogP contribution in [0.15, 0.2) is 0 Å². The quantitative estimate of drug-likeness (QED) is 0.0761. The molecule has 0 aliphatic heterocycles. The largest absolute Gasteiger partial charge is 1.00 e. The molecule has 0 aliphatic rings. The Hall–Kier alpha value is -0.190. The number of unbranched alkanes of at least 4 members (excludes halogenated alkanes) is 18. The fourth-order valence-electron chi connectivity index (χ4n) is 3.96. The van der Waals surface area contributed by atoms with Crippen molar-refractivity contribution in [3.8, 4) is 0 Å². The first-order valence-corrected chi connectivity index (χ1v) is 16.2. The molecule has 0 rings (SSSR count). The molecule has 8 nitrogen and oxygen atoms in total. The van der Waals surface area contributed by atoms with Gasteiger partial charge in [-0.3, -0.25) is 14.1 Å². The van der Waals surface area contributed by atoms with Gasteiger partial charge in [-0.2, -0.15) is 8.42 Å². The van der Waals surface area contributed by atoms with Gasteiger partial charge in [-0.1, -0.05) is 129 Å². The second-order valence-corrected chi connectivity index (χ2v) is 11.5. The standard InChI is InChI=1S/C24H50O.C4H6O7S.Na.H/c1-3-5-7-9-11-13-15-17-19-21-23-25-24-22-20-18-16-14-12-10-8-6-4-2;5-3(6)1-2(4(7)8)12(9,10)11;;/h3-24H2,1-2H3;2H,1H2,(H,5,6)(H,7,8)(H,9,10,11);;/q;;+1;-1. The zero-order chi connectivity index (χ0) is 28.2. The number of rotatable bonds is 26. The summed E-state index contributed by atoms with van der Waals surface area (Å²) in [5.74, 6) is -3.50. The van der Waals surface area contributed by atoms with Crippen LogP contribution >= 0.6 is 0 Å². The van der Waals surface area contributed by atoms with Gasteiger partial charge in [0.2, 0.25) is 0 Å². The van der Waals surface area contributed by atoms with Gasteiger partial charge in [-0.05, 0) is 12.8 Å². The molecule has 0 radical (unpaired) electrons. The van der Waals surface area contributed by atoms with E-state index in [1.165, 1.54) is 128 Å². The fraction of sp³-hybridized carbons (Fsp3) is 0.929. The van der Waals surface area contributed by atoms with Crippen molar-refractivity contribution in [2.75, 3.05) is 13.2 Å². The minimum atomic E-state index is -4.84. The number of aliphatic carboxylic acids is 2. The van der Waals surface area contributed by atoms with Crippen molar-refractivity contribution in [1.82, 2.24) is 0 Å². The third kappa shape index (κ3) is 33.8. The second kappa shape index (κ2) is 31.3. The van der Waals surface area contributed by atoms with Gasteiger partial charge < -0.3 is 16.4 Å². The molecule has 1 atom stereocenters. The van der Waals surface area contributed by atoms with E-state index in [1.807, 2.05) is 0 Å². The van der Waals surface area contributed by atoms with Crippen molar-refractivity contribution in [3.05, 3.63) is 0 Å². The predicted molar refractivity (Wildman–Crippen MR) is 151 cm³/mol. The Balaban J connectivity index is -0.000000371. The Morgan fingerprint density at radius 2 is 0.921 bits per heavy atom.